The minimum absolute atomic E-state index is 0.0587. The lowest BCUT2D eigenvalue weighted by Gasteiger charge is -2.39. The number of amides is 1. The number of carbonyl (C=O) groups excluding carboxylic acids is 1. The highest BCUT2D eigenvalue weighted by Crippen LogP contribution is 2.27. The second-order valence-corrected chi connectivity index (χ2v) is 5.76. The number of nitrogens with two attached hydrogens (primary N) is 1. The van der Waals surface area contributed by atoms with Crippen LogP contribution in [-0.2, 0) is 4.79 Å². The molecule has 1 fully saturated rings. The molecule has 1 aliphatic heterocycles. The Balaban J connectivity index is 2.31. The van der Waals surface area contributed by atoms with Crippen LogP contribution in [-0.4, -0.2) is 34.4 Å². The van der Waals surface area contributed by atoms with Crippen LogP contribution in [0.4, 0.5) is 0 Å². The normalized spacial score (nSPS) is 24.7. The minimum Gasteiger partial charge on any atom is -0.409 e. The fourth-order valence-corrected chi connectivity index (χ4v) is 2.96. The molecule has 3 atom stereocenters. The van der Waals surface area contributed by atoms with Crippen molar-refractivity contribution in [1.29, 1.82) is 0 Å². The van der Waals surface area contributed by atoms with Gasteiger partial charge in [0, 0.05) is 12.6 Å². The van der Waals surface area contributed by atoms with Crippen molar-refractivity contribution in [2.75, 3.05) is 6.54 Å². The molecule has 1 amide bonds. The van der Waals surface area contributed by atoms with Gasteiger partial charge in [0.2, 0.25) is 5.91 Å². The summed E-state index contributed by atoms with van der Waals surface area (Å²) in [6.45, 7) is 4.95. The number of piperidine rings is 1. The highest BCUT2D eigenvalue weighted by molar-refractivity contribution is 6.07. The number of hydrogen-bond acceptors (Lipinski definition) is 3. The largest absolute Gasteiger partial charge is 0.409 e. The zero-order chi connectivity index (χ0) is 15.4. The van der Waals surface area contributed by atoms with Gasteiger partial charge in [-0.2, -0.15) is 0 Å². The standard InChI is InChI=1S/C16H23N3O2/c1-11-7-6-10-19(12(11)2)16(20)14(15(17)18-21)13-8-4-3-5-9-13/h3-5,8-9,11-12,14,21H,6-7,10H2,1-2H3,(H2,17,18). The van der Waals surface area contributed by atoms with E-state index in [2.05, 4.69) is 19.0 Å². The Labute approximate surface area is 125 Å². The van der Waals surface area contributed by atoms with Gasteiger partial charge in [-0.3, -0.25) is 4.79 Å². The van der Waals surface area contributed by atoms with Crippen molar-refractivity contribution in [2.24, 2.45) is 16.8 Å². The first-order chi connectivity index (χ1) is 10.1. The maximum Gasteiger partial charge on any atom is 0.238 e. The summed E-state index contributed by atoms with van der Waals surface area (Å²) in [6, 6.07) is 9.41. The van der Waals surface area contributed by atoms with Gasteiger partial charge in [0.05, 0.1) is 0 Å². The molecule has 0 aliphatic carbocycles. The quantitative estimate of drug-likeness (QED) is 0.387. The van der Waals surface area contributed by atoms with Crippen LogP contribution in [0.25, 0.3) is 0 Å². The molecule has 0 aromatic heterocycles. The molecule has 1 heterocycles. The fraction of sp³-hybridized carbons (Fsp3) is 0.500. The van der Waals surface area contributed by atoms with Gasteiger partial charge in [-0.1, -0.05) is 42.4 Å². The molecule has 1 saturated heterocycles. The number of carbonyl (C=O) groups is 1. The van der Waals surface area contributed by atoms with Gasteiger partial charge in [0.25, 0.3) is 0 Å². The van der Waals surface area contributed by atoms with Crippen molar-refractivity contribution in [2.45, 2.75) is 38.6 Å². The second-order valence-electron chi connectivity index (χ2n) is 5.76. The van der Waals surface area contributed by atoms with Crippen LogP contribution in [0.5, 0.6) is 0 Å². The number of rotatable bonds is 3. The van der Waals surface area contributed by atoms with Gasteiger partial charge in [-0.25, -0.2) is 0 Å². The highest BCUT2D eigenvalue weighted by Gasteiger charge is 2.35. The van der Waals surface area contributed by atoms with Gasteiger partial charge >= 0.3 is 0 Å². The van der Waals surface area contributed by atoms with Crippen molar-refractivity contribution < 1.29 is 10.0 Å². The first-order valence-electron chi connectivity index (χ1n) is 7.39. The molecule has 0 bridgehead atoms. The minimum atomic E-state index is -0.719. The van der Waals surface area contributed by atoms with Gasteiger partial charge in [0.15, 0.2) is 5.84 Å². The lowest BCUT2D eigenvalue weighted by Crippen LogP contribution is -2.50. The molecular weight excluding hydrogens is 266 g/mol. The van der Waals surface area contributed by atoms with Gasteiger partial charge in [-0.05, 0) is 31.2 Å². The Morgan fingerprint density at radius 1 is 1.38 bits per heavy atom. The molecule has 114 valence electrons. The Hall–Kier alpha value is -2.04. The average molecular weight is 289 g/mol. The summed E-state index contributed by atoms with van der Waals surface area (Å²) in [5.74, 6) is -0.400. The van der Waals surface area contributed by atoms with Crippen molar-refractivity contribution in [3.63, 3.8) is 0 Å². The smallest absolute Gasteiger partial charge is 0.238 e. The monoisotopic (exact) mass is 289 g/mol. The number of hydrogen-bond donors (Lipinski definition) is 2. The third-order valence-corrected chi connectivity index (χ3v) is 4.45. The molecule has 1 aliphatic rings. The Morgan fingerprint density at radius 2 is 2.05 bits per heavy atom. The Kier molecular flexibility index (Phi) is 4.83. The summed E-state index contributed by atoms with van der Waals surface area (Å²) in [4.78, 5) is 14.8. The van der Waals surface area contributed by atoms with Crippen molar-refractivity contribution in [1.82, 2.24) is 4.90 Å². The van der Waals surface area contributed by atoms with E-state index in [4.69, 9.17) is 10.9 Å². The molecule has 5 nitrogen and oxygen atoms in total. The molecule has 0 saturated carbocycles. The number of amidine groups is 1. The zero-order valence-electron chi connectivity index (χ0n) is 12.6. The van der Waals surface area contributed by atoms with E-state index in [1.165, 1.54) is 0 Å². The van der Waals surface area contributed by atoms with Crippen LogP contribution < -0.4 is 5.73 Å². The predicted molar refractivity (Wildman–Crippen MR) is 82.2 cm³/mol. The molecule has 0 spiro atoms. The molecule has 3 N–H and O–H groups in total. The van der Waals surface area contributed by atoms with Gasteiger partial charge in [0.1, 0.15) is 5.92 Å². The van der Waals surface area contributed by atoms with Gasteiger partial charge in [-0.15, -0.1) is 0 Å². The van der Waals surface area contributed by atoms with E-state index in [0.717, 1.165) is 24.9 Å². The maximum absolute atomic E-state index is 12.9. The summed E-state index contributed by atoms with van der Waals surface area (Å²) < 4.78 is 0. The van der Waals surface area contributed by atoms with E-state index < -0.39 is 5.92 Å². The summed E-state index contributed by atoms with van der Waals surface area (Å²) in [7, 11) is 0. The van der Waals surface area contributed by atoms with Crippen LogP contribution >= 0.6 is 0 Å². The topological polar surface area (TPSA) is 78.9 Å². The summed E-state index contributed by atoms with van der Waals surface area (Å²) in [6.07, 6.45) is 2.12. The van der Waals surface area contributed by atoms with E-state index in [1.807, 2.05) is 35.2 Å². The lowest BCUT2D eigenvalue weighted by atomic mass is 9.89. The number of benzene rings is 1. The molecular formula is C16H23N3O2. The van der Waals surface area contributed by atoms with Crippen molar-refractivity contribution in [3.05, 3.63) is 35.9 Å². The average Bonchev–Trinajstić information content (AvgIpc) is 2.51. The molecule has 0 radical (unpaired) electrons. The molecule has 1 aromatic carbocycles. The van der Waals surface area contributed by atoms with Crippen LogP contribution in [0.2, 0.25) is 0 Å². The zero-order valence-corrected chi connectivity index (χ0v) is 12.6. The predicted octanol–water partition coefficient (Wildman–Crippen LogP) is 2.16. The Bertz CT molecular complexity index is 516. The molecule has 3 unspecified atom stereocenters. The number of likely N-dealkylation sites (tertiary alicyclic amines) is 1. The maximum atomic E-state index is 12.9. The van der Waals surface area contributed by atoms with Crippen molar-refractivity contribution >= 4 is 11.7 Å². The summed E-state index contributed by atoms with van der Waals surface area (Å²) >= 11 is 0. The first kappa shape index (κ1) is 15.4. The highest BCUT2D eigenvalue weighted by atomic mass is 16.4. The third-order valence-electron chi connectivity index (χ3n) is 4.45. The van der Waals surface area contributed by atoms with Gasteiger partial charge < -0.3 is 15.8 Å². The van der Waals surface area contributed by atoms with E-state index in [0.29, 0.717) is 5.92 Å². The van der Waals surface area contributed by atoms with Crippen LogP contribution in [0, 0.1) is 5.92 Å². The first-order valence-corrected chi connectivity index (χ1v) is 7.39. The van der Waals surface area contributed by atoms with E-state index in [-0.39, 0.29) is 17.8 Å². The second kappa shape index (κ2) is 6.61. The fourth-order valence-electron chi connectivity index (χ4n) is 2.96. The number of oxime groups is 1. The summed E-state index contributed by atoms with van der Waals surface area (Å²) in [5.41, 5.74) is 6.54. The molecule has 21 heavy (non-hydrogen) atoms. The molecule has 1 aromatic rings. The number of nitrogens with zero attached hydrogens (tertiary/aromatic N) is 2. The third kappa shape index (κ3) is 3.17. The van der Waals surface area contributed by atoms with E-state index in [1.54, 1.807) is 0 Å². The molecule has 2 rings (SSSR count). The van der Waals surface area contributed by atoms with E-state index >= 15 is 0 Å². The van der Waals surface area contributed by atoms with Crippen LogP contribution in [0.15, 0.2) is 35.5 Å². The SMILES string of the molecule is CC1CCCN(C(=O)C(C(N)=NO)c2ccccc2)C1C. The molecule has 5 heteroatoms. The van der Waals surface area contributed by atoms with E-state index in [9.17, 15) is 4.79 Å². The summed E-state index contributed by atoms with van der Waals surface area (Å²) in [5, 5.41) is 12.1. The lowest BCUT2D eigenvalue weighted by molar-refractivity contribution is -0.135. The van der Waals surface area contributed by atoms with Crippen molar-refractivity contribution in [3.8, 4) is 0 Å². The van der Waals surface area contributed by atoms with Crippen LogP contribution in [0.3, 0.4) is 0 Å². The Morgan fingerprint density at radius 3 is 2.67 bits per heavy atom. The van der Waals surface area contributed by atoms with Crippen LogP contribution in [0.1, 0.15) is 38.2 Å².